The molecule has 1 aromatic rings. The summed E-state index contributed by atoms with van der Waals surface area (Å²) < 4.78 is 0. The topological polar surface area (TPSA) is 49.3 Å². The second kappa shape index (κ2) is 6.02. The number of carbonyl (C=O) groups excluding carboxylic acids is 1. The fraction of sp³-hybridized carbons (Fsp3) is 0.438. The zero-order valence-electron chi connectivity index (χ0n) is 11.1. The zero-order valence-corrected chi connectivity index (χ0v) is 11.1. The summed E-state index contributed by atoms with van der Waals surface area (Å²) in [4.78, 5) is 11.7. The number of rotatable bonds is 7. The van der Waals surface area contributed by atoms with Crippen molar-refractivity contribution < 1.29 is 9.90 Å². The molecule has 0 spiro atoms. The minimum absolute atomic E-state index is 0.0325. The van der Waals surface area contributed by atoms with Crippen LogP contribution in [0, 0.1) is 5.92 Å². The van der Waals surface area contributed by atoms with Crippen molar-refractivity contribution in [1.29, 1.82) is 0 Å². The molecule has 1 amide bonds. The summed E-state index contributed by atoms with van der Waals surface area (Å²) >= 11 is 0. The molecule has 0 aliphatic heterocycles. The Morgan fingerprint density at radius 2 is 2.11 bits per heavy atom. The molecule has 0 aromatic heterocycles. The quantitative estimate of drug-likeness (QED) is 0.739. The van der Waals surface area contributed by atoms with Gasteiger partial charge in [0.05, 0.1) is 6.54 Å². The molecular weight excluding hydrogens is 238 g/mol. The first-order valence-electron chi connectivity index (χ1n) is 6.82. The van der Waals surface area contributed by atoms with Gasteiger partial charge in [0.1, 0.15) is 5.60 Å². The van der Waals surface area contributed by atoms with E-state index in [1.54, 1.807) is 6.08 Å². The molecule has 3 nitrogen and oxygen atoms in total. The number of hydrogen-bond donors (Lipinski definition) is 2. The van der Waals surface area contributed by atoms with Crippen molar-refractivity contribution in [3.05, 3.63) is 48.6 Å². The minimum Gasteiger partial charge on any atom is -0.383 e. The summed E-state index contributed by atoms with van der Waals surface area (Å²) in [7, 11) is 0. The lowest BCUT2D eigenvalue weighted by molar-refractivity contribution is -0.122. The average Bonchev–Trinajstić information content (AvgIpc) is 3.28. The highest BCUT2D eigenvalue weighted by molar-refractivity contribution is 5.76. The fourth-order valence-electron chi connectivity index (χ4n) is 2.32. The number of nitrogens with one attached hydrogen (secondary N) is 1. The smallest absolute Gasteiger partial charge is 0.220 e. The van der Waals surface area contributed by atoms with Crippen LogP contribution in [-0.2, 0) is 10.4 Å². The van der Waals surface area contributed by atoms with Crippen LogP contribution in [0.15, 0.2) is 43.0 Å². The summed E-state index contributed by atoms with van der Waals surface area (Å²) in [6.45, 7) is 3.89. The van der Waals surface area contributed by atoms with Crippen molar-refractivity contribution in [2.24, 2.45) is 5.92 Å². The average molecular weight is 259 g/mol. The molecule has 19 heavy (non-hydrogen) atoms. The molecular formula is C16H21NO2. The number of benzene rings is 1. The standard InChI is InChI=1S/C16H21NO2/c1-2-3-9-15(18)17-12-16(19,14-10-11-14)13-7-5-4-6-8-13/h2,4-8,14,19H,1,3,9-12H2,(H,17,18)/t16-/m0/s1. The molecule has 0 unspecified atom stereocenters. The van der Waals surface area contributed by atoms with Crippen molar-refractivity contribution in [3.8, 4) is 0 Å². The van der Waals surface area contributed by atoms with E-state index in [9.17, 15) is 9.90 Å². The highest BCUT2D eigenvalue weighted by Gasteiger charge is 2.45. The summed E-state index contributed by atoms with van der Waals surface area (Å²) in [6.07, 6.45) is 4.86. The molecule has 1 aliphatic carbocycles. The van der Waals surface area contributed by atoms with Crippen LogP contribution < -0.4 is 5.32 Å². The van der Waals surface area contributed by atoms with Crippen LogP contribution in [0.2, 0.25) is 0 Å². The van der Waals surface area contributed by atoms with Crippen molar-refractivity contribution >= 4 is 5.91 Å². The van der Waals surface area contributed by atoms with E-state index < -0.39 is 5.60 Å². The van der Waals surface area contributed by atoms with Gasteiger partial charge in [0.25, 0.3) is 0 Å². The van der Waals surface area contributed by atoms with Crippen LogP contribution >= 0.6 is 0 Å². The number of allylic oxidation sites excluding steroid dienone is 1. The van der Waals surface area contributed by atoms with Gasteiger partial charge in [0.2, 0.25) is 5.91 Å². The second-order valence-corrected chi connectivity index (χ2v) is 5.17. The van der Waals surface area contributed by atoms with Crippen molar-refractivity contribution in [3.63, 3.8) is 0 Å². The Morgan fingerprint density at radius 3 is 2.68 bits per heavy atom. The van der Waals surface area contributed by atoms with E-state index in [4.69, 9.17) is 0 Å². The molecule has 1 aliphatic rings. The Morgan fingerprint density at radius 1 is 1.42 bits per heavy atom. The zero-order chi connectivity index (χ0) is 13.7. The van der Waals surface area contributed by atoms with Gasteiger partial charge >= 0.3 is 0 Å². The molecule has 1 saturated carbocycles. The first-order chi connectivity index (χ1) is 9.16. The highest BCUT2D eigenvalue weighted by Crippen LogP contribution is 2.45. The molecule has 2 N–H and O–H groups in total. The largest absolute Gasteiger partial charge is 0.383 e. The molecule has 1 fully saturated rings. The summed E-state index contributed by atoms with van der Waals surface area (Å²) in [5.41, 5.74) is -0.0352. The number of carbonyl (C=O) groups is 1. The third-order valence-corrected chi connectivity index (χ3v) is 3.66. The Kier molecular flexibility index (Phi) is 4.38. The van der Waals surface area contributed by atoms with Gasteiger partial charge in [-0.1, -0.05) is 36.4 Å². The van der Waals surface area contributed by atoms with E-state index in [1.807, 2.05) is 30.3 Å². The van der Waals surface area contributed by atoms with Gasteiger partial charge in [-0.05, 0) is 30.7 Å². The predicted octanol–water partition coefficient (Wildman–Crippen LogP) is 2.37. The second-order valence-electron chi connectivity index (χ2n) is 5.17. The molecule has 2 rings (SSSR count). The van der Waals surface area contributed by atoms with E-state index in [0.717, 1.165) is 18.4 Å². The lowest BCUT2D eigenvalue weighted by Crippen LogP contribution is -2.42. The van der Waals surface area contributed by atoms with Crippen molar-refractivity contribution in [2.45, 2.75) is 31.3 Å². The monoisotopic (exact) mass is 259 g/mol. The molecule has 1 atom stereocenters. The fourth-order valence-corrected chi connectivity index (χ4v) is 2.32. The molecule has 102 valence electrons. The van der Waals surface area contributed by atoms with E-state index in [-0.39, 0.29) is 18.4 Å². The SMILES string of the molecule is C=CCCC(=O)NC[C@](O)(c1ccccc1)C1CC1. The minimum atomic E-state index is -0.925. The first kappa shape index (κ1) is 13.8. The molecule has 3 heteroatoms. The van der Waals surface area contributed by atoms with Crippen LogP contribution in [0.3, 0.4) is 0 Å². The molecule has 0 bridgehead atoms. The number of amides is 1. The van der Waals surface area contributed by atoms with Gasteiger partial charge in [-0.15, -0.1) is 6.58 Å². The Balaban J connectivity index is 2.00. The molecule has 0 heterocycles. The third kappa shape index (κ3) is 3.44. The number of hydrogen-bond acceptors (Lipinski definition) is 2. The van der Waals surface area contributed by atoms with Crippen molar-refractivity contribution in [2.75, 3.05) is 6.54 Å². The molecule has 1 aromatic carbocycles. The predicted molar refractivity (Wildman–Crippen MR) is 75.5 cm³/mol. The van der Waals surface area contributed by atoms with Crippen LogP contribution in [0.25, 0.3) is 0 Å². The van der Waals surface area contributed by atoms with E-state index in [2.05, 4.69) is 11.9 Å². The van der Waals surface area contributed by atoms with Gasteiger partial charge in [-0.25, -0.2) is 0 Å². The van der Waals surface area contributed by atoms with Crippen LogP contribution in [-0.4, -0.2) is 17.6 Å². The highest BCUT2D eigenvalue weighted by atomic mass is 16.3. The molecule has 0 saturated heterocycles. The van der Waals surface area contributed by atoms with Gasteiger partial charge in [0, 0.05) is 6.42 Å². The van der Waals surface area contributed by atoms with E-state index in [1.165, 1.54) is 0 Å². The van der Waals surface area contributed by atoms with Gasteiger partial charge in [-0.3, -0.25) is 4.79 Å². The lowest BCUT2D eigenvalue weighted by Gasteiger charge is -2.29. The maximum Gasteiger partial charge on any atom is 0.220 e. The van der Waals surface area contributed by atoms with E-state index >= 15 is 0 Å². The maximum absolute atomic E-state index is 11.7. The number of aliphatic hydroxyl groups is 1. The summed E-state index contributed by atoms with van der Waals surface area (Å²) in [5.74, 6) is 0.226. The normalized spacial score (nSPS) is 17.5. The Hall–Kier alpha value is -1.61. The Labute approximate surface area is 114 Å². The van der Waals surface area contributed by atoms with Crippen molar-refractivity contribution in [1.82, 2.24) is 5.32 Å². The lowest BCUT2D eigenvalue weighted by atomic mass is 9.88. The molecule has 0 radical (unpaired) electrons. The maximum atomic E-state index is 11.7. The first-order valence-corrected chi connectivity index (χ1v) is 6.82. The van der Waals surface area contributed by atoms with Crippen LogP contribution in [0.1, 0.15) is 31.2 Å². The third-order valence-electron chi connectivity index (χ3n) is 3.66. The summed E-state index contributed by atoms with van der Waals surface area (Å²) in [6, 6.07) is 9.62. The van der Waals surface area contributed by atoms with Gasteiger partial charge in [-0.2, -0.15) is 0 Å². The summed E-state index contributed by atoms with van der Waals surface area (Å²) in [5, 5.41) is 13.7. The van der Waals surface area contributed by atoms with Gasteiger partial charge < -0.3 is 10.4 Å². The van der Waals surface area contributed by atoms with Crippen LogP contribution in [0.4, 0.5) is 0 Å². The van der Waals surface area contributed by atoms with Crippen LogP contribution in [0.5, 0.6) is 0 Å². The van der Waals surface area contributed by atoms with E-state index in [0.29, 0.717) is 12.8 Å². The van der Waals surface area contributed by atoms with Gasteiger partial charge in [0.15, 0.2) is 0 Å². The Bertz CT molecular complexity index is 439.